The lowest BCUT2D eigenvalue weighted by Gasteiger charge is -2.36. The molecule has 66 heavy (non-hydrogen) atoms. The van der Waals surface area contributed by atoms with Gasteiger partial charge in [-0.05, 0) is 73.2 Å². The molecule has 15 heteroatoms. The fourth-order valence-electron chi connectivity index (χ4n) is 7.72. The fraction of sp³-hybridized carbons (Fsp3) is 0.490. The first-order chi connectivity index (χ1) is 31.7. The van der Waals surface area contributed by atoms with E-state index in [4.69, 9.17) is 28.7 Å². The minimum absolute atomic E-state index is 0.117. The second kappa shape index (κ2) is 24.7. The predicted octanol–water partition coefficient (Wildman–Crippen LogP) is 7.08. The molecule has 6 rings (SSSR count). The average molecular weight is 925 g/mol. The minimum atomic E-state index is -0.636. The largest absolute Gasteiger partial charge is 0.493 e. The molecule has 1 aliphatic heterocycles. The normalized spacial score (nSPS) is 16.3. The summed E-state index contributed by atoms with van der Waals surface area (Å²) in [5.41, 5.74) is 8.70. The van der Waals surface area contributed by atoms with Crippen LogP contribution < -0.4 is 20.3 Å². The van der Waals surface area contributed by atoms with Gasteiger partial charge in [0.2, 0.25) is 11.8 Å². The molecular weight excluding hydrogens is 857 g/mol. The third-order valence-electron chi connectivity index (χ3n) is 11.6. The van der Waals surface area contributed by atoms with Crippen molar-refractivity contribution in [1.82, 2.24) is 25.5 Å². The van der Waals surface area contributed by atoms with Crippen LogP contribution in [0.4, 0.5) is 5.69 Å². The Balaban J connectivity index is 0.788. The van der Waals surface area contributed by atoms with Crippen molar-refractivity contribution in [2.45, 2.75) is 71.7 Å². The number of benzene rings is 3. The molecule has 14 nitrogen and oxygen atoms in total. The van der Waals surface area contributed by atoms with E-state index in [0.717, 1.165) is 61.7 Å². The van der Waals surface area contributed by atoms with Crippen molar-refractivity contribution in [2.24, 2.45) is 5.41 Å². The van der Waals surface area contributed by atoms with E-state index in [9.17, 15) is 14.7 Å². The highest BCUT2D eigenvalue weighted by Crippen LogP contribution is 2.30. The van der Waals surface area contributed by atoms with Gasteiger partial charge in [-0.1, -0.05) is 63.2 Å². The molecule has 5 aromatic rings. The number of ether oxygens (including phenoxy) is 5. The second-order valence-electron chi connectivity index (χ2n) is 18.0. The van der Waals surface area contributed by atoms with Crippen LogP contribution in [0.5, 0.6) is 5.75 Å². The molecule has 1 fully saturated rings. The first-order valence-corrected chi connectivity index (χ1v) is 23.8. The molecule has 3 aromatic carbocycles. The number of likely N-dealkylation sites (tertiary alicyclic amines) is 1. The number of nitrogens with zero attached hydrogens (tertiary/aromatic N) is 4. The molecule has 1 aliphatic rings. The summed E-state index contributed by atoms with van der Waals surface area (Å²) in [5.74, 6) is 0.409. The first-order valence-electron chi connectivity index (χ1n) is 22.9. The number of thiazole rings is 1. The molecule has 0 radical (unpaired) electrons. The van der Waals surface area contributed by atoms with Gasteiger partial charge in [0.05, 0.1) is 91.7 Å². The summed E-state index contributed by atoms with van der Waals surface area (Å²) in [5, 5.41) is 17.9. The van der Waals surface area contributed by atoms with Gasteiger partial charge in [-0.25, -0.2) is 9.97 Å². The van der Waals surface area contributed by atoms with E-state index in [1.807, 2.05) is 95.5 Å². The number of aliphatic hydroxyl groups is 1. The molecule has 0 bridgehead atoms. The molecule has 0 aliphatic carbocycles. The van der Waals surface area contributed by atoms with E-state index < -0.39 is 12.1 Å². The topological polar surface area (TPSA) is 157 Å². The smallest absolute Gasteiger partial charge is 0.246 e. The molecule has 0 saturated carbocycles. The van der Waals surface area contributed by atoms with Crippen LogP contribution in [-0.4, -0.2) is 137 Å². The van der Waals surface area contributed by atoms with E-state index in [2.05, 4.69) is 63.0 Å². The monoisotopic (exact) mass is 924 g/mol. The quantitative estimate of drug-likeness (QED) is 0.0513. The van der Waals surface area contributed by atoms with Crippen molar-refractivity contribution in [1.29, 1.82) is 0 Å². The maximum absolute atomic E-state index is 13.6. The van der Waals surface area contributed by atoms with Gasteiger partial charge in [-0.3, -0.25) is 14.5 Å². The third-order valence-corrected chi connectivity index (χ3v) is 12.6. The van der Waals surface area contributed by atoms with E-state index in [1.54, 1.807) is 11.3 Å². The Labute approximate surface area is 394 Å². The SMILES string of the molecule is Cc1ncsc1-c1ccc([C@H](C)NC(=O)[C@@H]2C[C@@H](O)CN2C[C@@H](NC(=O)COCCOCCOCCOCCCOc2ccc3nc(-c4ccc(N(C)C)cc4)ccc3c2)C(C)(C)C)cc1. The molecule has 2 aromatic heterocycles. The Morgan fingerprint density at radius 3 is 2.17 bits per heavy atom. The maximum Gasteiger partial charge on any atom is 0.246 e. The number of aryl methyl sites for hydroxylation is 1. The van der Waals surface area contributed by atoms with Crippen molar-refractivity contribution in [3.05, 3.63) is 95.6 Å². The van der Waals surface area contributed by atoms with Crippen LogP contribution in [0.15, 0.2) is 84.4 Å². The molecule has 2 amide bonds. The molecule has 356 valence electrons. The standard InChI is InChI=1S/C51H68N6O8S/c1-35(37-9-11-39(12-10-37)49-36(2)52-34-66-49)53-50(60)46-30-42(58)31-57(46)32-47(51(3,4)5)55-48(59)33-64-28-27-63-26-25-62-24-23-61-21-8-22-65-43-18-20-45-40(29-43)15-19-44(54-45)38-13-16-41(17-14-38)56(6)7/h9-20,29,34-35,42,46-47,58H,8,21-28,30-33H2,1-7H3,(H,53,60)(H,55,59)/t35-,42+,46-,47+/m0/s1. The number of fused-ring (bicyclic) bond motifs is 1. The number of aromatic nitrogens is 2. The molecule has 3 N–H and O–H groups in total. The van der Waals surface area contributed by atoms with E-state index in [1.165, 1.54) is 0 Å². The van der Waals surface area contributed by atoms with E-state index in [0.29, 0.717) is 65.8 Å². The molecule has 4 atom stereocenters. The van der Waals surface area contributed by atoms with Crippen molar-refractivity contribution < 1.29 is 38.4 Å². The number of pyridine rings is 1. The highest BCUT2D eigenvalue weighted by Gasteiger charge is 2.39. The number of nitrogens with one attached hydrogen (secondary N) is 2. The van der Waals surface area contributed by atoms with E-state index >= 15 is 0 Å². The van der Waals surface area contributed by atoms with Gasteiger partial charge in [-0.15, -0.1) is 11.3 Å². The number of hydrogen-bond donors (Lipinski definition) is 3. The number of carbonyl (C=O) groups excluding carboxylic acids is 2. The fourth-order valence-corrected chi connectivity index (χ4v) is 8.53. The summed E-state index contributed by atoms with van der Waals surface area (Å²) in [6.07, 6.45) is 0.444. The van der Waals surface area contributed by atoms with Crippen LogP contribution in [0.3, 0.4) is 0 Å². The van der Waals surface area contributed by atoms with Gasteiger partial charge in [0.15, 0.2) is 0 Å². The zero-order chi connectivity index (χ0) is 47.1. The Bertz CT molecular complexity index is 2280. The lowest BCUT2D eigenvalue weighted by atomic mass is 9.86. The van der Waals surface area contributed by atoms with Gasteiger partial charge >= 0.3 is 0 Å². The van der Waals surface area contributed by atoms with Crippen LogP contribution in [0.25, 0.3) is 32.6 Å². The molecule has 0 spiro atoms. The Morgan fingerprint density at radius 2 is 1.52 bits per heavy atom. The van der Waals surface area contributed by atoms with Gasteiger partial charge in [0.1, 0.15) is 12.4 Å². The number of carbonyl (C=O) groups is 2. The average Bonchev–Trinajstić information content (AvgIpc) is 3.91. The first kappa shape index (κ1) is 50.4. The molecule has 1 saturated heterocycles. The number of hydrogen-bond acceptors (Lipinski definition) is 13. The summed E-state index contributed by atoms with van der Waals surface area (Å²) in [6, 6.07) is 25.6. The highest BCUT2D eigenvalue weighted by molar-refractivity contribution is 7.13. The summed E-state index contributed by atoms with van der Waals surface area (Å²) in [6.45, 7) is 14.2. The Hall–Kier alpha value is -5.00. The van der Waals surface area contributed by atoms with E-state index in [-0.39, 0.29) is 42.5 Å². The zero-order valence-electron chi connectivity index (χ0n) is 39.6. The molecule has 0 unspecified atom stereocenters. The Morgan fingerprint density at radius 1 is 0.848 bits per heavy atom. The number of aliphatic hydroxyl groups excluding tert-OH is 1. The number of amides is 2. The number of anilines is 1. The van der Waals surface area contributed by atoms with Crippen LogP contribution in [0.2, 0.25) is 0 Å². The minimum Gasteiger partial charge on any atom is -0.493 e. The number of rotatable bonds is 25. The van der Waals surface area contributed by atoms with Crippen LogP contribution >= 0.6 is 11.3 Å². The van der Waals surface area contributed by atoms with Crippen molar-refractivity contribution in [3.8, 4) is 27.4 Å². The summed E-state index contributed by atoms with van der Waals surface area (Å²) in [4.78, 5) is 41.0. The summed E-state index contributed by atoms with van der Waals surface area (Å²) >= 11 is 1.61. The lowest BCUT2D eigenvalue weighted by Crippen LogP contribution is -2.54. The van der Waals surface area contributed by atoms with Gasteiger partial charge < -0.3 is 44.3 Å². The molecule has 3 heterocycles. The van der Waals surface area contributed by atoms with Crippen LogP contribution in [0.1, 0.15) is 57.8 Å². The maximum atomic E-state index is 13.6. The third kappa shape index (κ3) is 15.0. The van der Waals surface area contributed by atoms with Gasteiger partial charge in [0, 0.05) is 62.9 Å². The zero-order valence-corrected chi connectivity index (χ0v) is 40.4. The predicted molar refractivity (Wildman–Crippen MR) is 261 cm³/mol. The second-order valence-corrected chi connectivity index (χ2v) is 18.9. The summed E-state index contributed by atoms with van der Waals surface area (Å²) in [7, 11) is 4.06. The number of β-amino-alcohol motifs (C(OH)–C–C–N with tert-alkyl or cyclic N) is 1. The van der Waals surface area contributed by atoms with Crippen molar-refractivity contribution >= 4 is 39.7 Å². The summed E-state index contributed by atoms with van der Waals surface area (Å²) < 4.78 is 28.5. The van der Waals surface area contributed by atoms with Crippen LogP contribution in [-0.2, 0) is 28.5 Å². The Kier molecular flexibility index (Phi) is 18.8. The molecular formula is C51H68N6O8S. The van der Waals surface area contributed by atoms with Gasteiger partial charge in [-0.2, -0.15) is 0 Å². The highest BCUT2D eigenvalue weighted by atomic mass is 32.1. The lowest BCUT2D eigenvalue weighted by molar-refractivity contribution is -0.128. The van der Waals surface area contributed by atoms with Gasteiger partial charge in [0.25, 0.3) is 0 Å². The van der Waals surface area contributed by atoms with Crippen LogP contribution in [0, 0.1) is 12.3 Å². The van der Waals surface area contributed by atoms with Crippen molar-refractivity contribution in [2.75, 3.05) is 91.5 Å². The van der Waals surface area contributed by atoms with Crippen molar-refractivity contribution in [3.63, 3.8) is 0 Å².